The van der Waals surface area contributed by atoms with Crippen LogP contribution in [0.1, 0.15) is 38.1 Å². The maximum absolute atomic E-state index is 12.8. The van der Waals surface area contributed by atoms with E-state index in [-0.39, 0.29) is 35.8 Å². The van der Waals surface area contributed by atoms with Gasteiger partial charge < -0.3 is 31.5 Å². The average Bonchev–Trinajstić information content (AvgIpc) is 3.52. The van der Waals surface area contributed by atoms with Crippen LogP contribution in [0.2, 0.25) is 18.1 Å². The van der Waals surface area contributed by atoms with E-state index in [2.05, 4.69) is 47.2 Å². The maximum atomic E-state index is 12.8. The summed E-state index contributed by atoms with van der Waals surface area (Å²) < 4.78 is 8.20. The molecule has 5 atom stereocenters. The summed E-state index contributed by atoms with van der Waals surface area (Å²) in [6.45, 7) is 6.41. The van der Waals surface area contributed by atoms with Crippen LogP contribution in [0.3, 0.4) is 0 Å². The first-order valence-electron chi connectivity index (χ1n) is 14.8. The Labute approximate surface area is 252 Å². The van der Waals surface area contributed by atoms with Crippen LogP contribution in [-0.2, 0) is 17.6 Å². The molecule has 7 N–H and O–H groups in total. The number of aliphatic hydroxyl groups is 3. The van der Waals surface area contributed by atoms with Crippen molar-refractivity contribution in [3.05, 3.63) is 78.1 Å². The molecule has 1 saturated heterocycles. The fourth-order valence-electron chi connectivity index (χ4n) is 6.12. The first-order chi connectivity index (χ1) is 20.6. The monoisotopic (exact) mass is 600 g/mol. The molecule has 4 aromatic rings. The Morgan fingerprint density at radius 1 is 0.977 bits per heavy atom. The zero-order valence-corrected chi connectivity index (χ0v) is 25.8. The molecule has 2 aromatic carbocycles. The maximum Gasteiger partial charge on any atom is 0.224 e. The lowest BCUT2D eigenvalue weighted by Gasteiger charge is -2.41. The van der Waals surface area contributed by atoms with Crippen molar-refractivity contribution in [3.8, 4) is 11.5 Å². The Morgan fingerprint density at radius 2 is 1.58 bits per heavy atom. The van der Waals surface area contributed by atoms with Crippen LogP contribution in [0.5, 0.6) is 0 Å². The van der Waals surface area contributed by atoms with Crippen molar-refractivity contribution in [2.45, 2.75) is 81.4 Å². The van der Waals surface area contributed by atoms with Crippen LogP contribution in [0.15, 0.2) is 67.0 Å². The molecular weight excluding hydrogens is 560 g/mol. The Bertz CT molecular complexity index is 1610. The number of anilines is 2. The molecule has 0 saturated carbocycles. The minimum Gasteiger partial charge on any atom is -0.389 e. The number of nitrogen functional groups attached to an aromatic ring is 2. The van der Waals surface area contributed by atoms with Crippen LogP contribution < -0.4 is 11.5 Å². The fraction of sp³-hybridized carbons (Fsp3) is 0.406. The van der Waals surface area contributed by atoms with Crippen LogP contribution in [-0.4, -0.2) is 66.3 Å². The number of aromatic nitrogens is 4. The van der Waals surface area contributed by atoms with Crippen molar-refractivity contribution in [1.29, 1.82) is 0 Å². The number of hydrogen-bond acceptors (Lipinski definition) is 9. The normalized spacial score (nSPS) is 24.5. The topological polar surface area (TPSA) is 166 Å². The van der Waals surface area contributed by atoms with Gasteiger partial charge in [-0.05, 0) is 29.3 Å². The summed E-state index contributed by atoms with van der Waals surface area (Å²) in [6.07, 6.45) is -2.57. The second-order valence-electron chi connectivity index (χ2n) is 11.4. The number of nitrogens with zero attached hydrogens (tertiary/aromatic N) is 4. The second kappa shape index (κ2) is 12.1. The number of nitrogens with two attached hydrogens (primary N) is 2. The van der Waals surface area contributed by atoms with Gasteiger partial charge in [-0.15, -0.1) is 5.54 Å². The quantitative estimate of drug-likeness (QED) is 0.143. The smallest absolute Gasteiger partial charge is 0.224 e. The molecule has 3 heterocycles. The zero-order chi connectivity index (χ0) is 30.8. The van der Waals surface area contributed by atoms with Crippen LogP contribution in [0.4, 0.5) is 11.8 Å². The molecule has 0 radical (unpaired) electrons. The molecule has 11 heteroatoms. The predicted octanol–water partition coefficient (Wildman–Crippen LogP) is 3.25. The van der Waals surface area contributed by atoms with Crippen molar-refractivity contribution in [3.63, 3.8) is 0 Å². The van der Waals surface area contributed by atoms with E-state index < -0.39 is 37.7 Å². The highest BCUT2D eigenvalue weighted by atomic mass is 28.3. The Balaban J connectivity index is 1.74. The molecule has 43 heavy (non-hydrogen) atoms. The third-order valence-electron chi connectivity index (χ3n) is 9.05. The van der Waals surface area contributed by atoms with Crippen LogP contribution >= 0.6 is 0 Å². The van der Waals surface area contributed by atoms with E-state index >= 15 is 0 Å². The van der Waals surface area contributed by atoms with Gasteiger partial charge in [0.2, 0.25) is 5.95 Å². The lowest BCUT2D eigenvalue weighted by Crippen LogP contribution is -2.63. The predicted molar refractivity (Wildman–Crippen MR) is 169 cm³/mol. The molecule has 5 rings (SSSR count). The fourth-order valence-corrected chi connectivity index (χ4v) is 8.60. The first kappa shape index (κ1) is 30.7. The largest absolute Gasteiger partial charge is 0.389 e. The molecule has 0 amide bonds. The SMILES string of the molecule is CC[Si](C#C[C@]1(C(O)Cc2ccccc2)O[C@@H](n2cnc3c(N)nc(N)nc32)[C@H](O)[C@@]1(O)Cc1ccccc1)(CC)CC. The van der Waals surface area contributed by atoms with Gasteiger partial charge in [0.05, 0.1) is 6.33 Å². The highest BCUT2D eigenvalue weighted by Crippen LogP contribution is 2.49. The zero-order valence-electron chi connectivity index (χ0n) is 24.8. The standard InChI is InChI=1S/C32H40N6O4Si/c1-4-43(5-2,6-3)18-17-32(24(39)19-22-13-9-7-10-14-22)31(41,20-23-15-11-8-12-16-23)26(40)29(42-32)38-21-35-25-27(33)36-30(34)37-28(25)38/h7-16,21,24,26,29,39-41H,4-6,19-20H2,1-3H3,(H4,33,34,36,37)/t24?,26-,29+,31-,32+/m0/s1. The van der Waals surface area contributed by atoms with Crippen molar-refractivity contribution in [1.82, 2.24) is 19.5 Å². The van der Waals surface area contributed by atoms with Crippen molar-refractivity contribution in [2.75, 3.05) is 11.5 Å². The molecule has 1 unspecified atom stereocenters. The minimum atomic E-state index is -2.11. The number of fused-ring (bicyclic) bond motifs is 1. The summed E-state index contributed by atoms with van der Waals surface area (Å²) in [7, 11) is -2.11. The number of rotatable bonds is 9. The number of hydrogen-bond donors (Lipinski definition) is 5. The summed E-state index contributed by atoms with van der Waals surface area (Å²) >= 11 is 0. The molecule has 0 bridgehead atoms. The van der Waals surface area contributed by atoms with Crippen molar-refractivity contribution < 1.29 is 20.1 Å². The van der Waals surface area contributed by atoms with Gasteiger partial charge in [0.1, 0.15) is 31.4 Å². The van der Waals surface area contributed by atoms with E-state index in [0.717, 1.165) is 29.3 Å². The summed E-state index contributed by atoms with van der Waals surface area (Å²) in [6, 6.07) is 21.5. The molecular formula is C32H40N6O4Si. The molecule has 1 aliphatic heterocycles. The Morgan fingerprint density at radius 3 is 2.19 bits per heavy atom. The van der Waals surface area contributed by atoms with E-state index in [1.807, 2.05) is 60.7 Å². The Hall–Kier alpha value is -3.79. The number of aliphatic hydroxyl groups excluding tert-OH is 2. The van der Waals surface area contributed by atoms with Gasteiger partial charge in [0.25, 0.3) is 0 Å². The second-order valence-corrected chi connectivity index (χ2v) is 16.3. The number of imidazole rings is 1. The average molecular weight is 601 g/mol. The van der Waals surface area contributed by atoms with Crippen LogP contribution in [0.25, 0.3) is 11.2 Å². The third kappa shape index (κ3) is 5.41. The summed E-state index contributed by atoms with van der Waals surface area (Å²) in [5.41, 5.74) is 13.7. The van der Waals surface area contributed by atoms with E-state index in [9.17, 15) is 15.3 Å². The number of benzene rings is 2. The van der Waals surface area contributed by atoms with E-state index in [1.165, 1.54) is 10.9 Å². The minimum absolute atomic E-state index is 0.0309. The van der Waals surface area contributed by atoms with Crippen LogP contribution in [0, 0.1) is 11.5 Å². The summed E-state index contributed by atoms with van der Waals surface area (Å²) in [4.78, 5) is 12.7. The van der Waals surface area contributed by atoms with E-state index in [1.54, 1.807) is 0 Å². The summed E-state index contributed by atoms with van der Waals surface area (Å²) in [5.74, 6) is 3.33. The molecule has 1 fully saturated rings. The van der Waals surface area contributed by atoms with Gasteiger partial charge in [-0.1, -0.05) is 87.4 Å². The summed E-state index contributed by atoms with van der Waals surface area (Å²) in [5, 5.41) is 37.0. The molecule has 2 aromatic heterocycles. The molecule has 10 nitrogen and oxygen atoms in total. The first-order valence-corrected chi connectivity index (χ1v) is 17.4. The van der Waals surface area contributed by atoms with Gasteiger partial charge in [0, 0.05) is 12.8 Å². The number of ether oxygens (including phenoxy) is 1. The van der Waals surface area contributed by atoms with Gasteiger partial charge in [0.15, 0.2) is 23.3 Å². The molecule has 1 aliphatic rings. The van der Waals surface area contributed by atoms with Gasteiger partial charge >= 0.3 is 0 Å². The lowest BCUT2D eigenvalue weighted by molar-refractivity contribution is -0.165. The molecule has 0 spiro atoms. The van der Waals surface area contributed by atoms with Crippen molar-refractivity contribution in [2.24, 2.45) is 0 Å². The van der Waals surface area contributed by atoms with Crippen molar-refractivity contribution >= 4 is 31.0 Å². The van der Waals surface area contributed by atoms with E-state index in [4.69, 9.17) is 16.2 Å². The van der Waals surface area contributed by atoms with Gasteiger partial charge in [-0.3, -0.25) is 4.57 Å². The van der Waals surface area contributed by atoms with Gasteiger partial charge in [-0.25, -0.2) is 4.98 Å². The lowest BCUT2D eigenvalue weighted by atomic mass is 9.72. The Kier molecular flexibility index (Phi) is 8.60. The highest BCUT2D eigenvalue weighted by Gasteiger charge is 2.68. The third-order valence-corrected chi connectivity index (χ3v) is 13.8. The molecule has 226 valence electrons. The van der Waals surface area contributed by atoms with E-state index in [0.29, 0.717) is 0 Å². The molecule has 0 aliphatic carbocycles. The van der Waals surface area contributed by atoms with Gasteiger partial charge in [-0.2, -0.15) is 9.97 Å². The highest BCUT2D eigenvalue weighted by molar-refractivity contribution is 6.87.